The maximum absolute atomic E-state index is 11.6. The Morgan fingerprint density at radius 2 is 1.95 bits per heavy atom. The molecule has 0 atom stereocenters. The van der Waals surface area contributed by atoms with Gasteiger partial charge in [-0.05, 0) is 38.1 Å². The van der Waals surface area contributed by atoms with Crippen LogP contribution in [0.2, 0.25) is 0 Å². The van der Waals surface area contributed by atoms with E-state index < -0.39 is 0 Å². The van der Waals surface area contributed by atoms with Gasteiger partial charge < -0.3 is 15.5 Å². The molecule has 1 aliphatic rings. The van der Waals surface area contributed by atoms with E-state index in [0.717, 1.165) is 18.8 Å². The van der Waals surface area contributed by atoms with Crippen LogP contribution >= 0.6 is 24.8 Å². The Kier molecular flexibility index (Phi) is 9.38. The summed E-state index contributed by atoms with van der Waals surface area (Å²) in [5.74, 6) is 0.0583. The molecule has 1 heterocycles. The van der Waals surface area contributed by atoms with Crippen molar-refractivity contribution in [2.24, 2.45) is 0 Å². The lowest BCUT2D eigenvalue weighted by Gasteiger charge is -2.18. The van der Waals surface area contributed by atoms with E-state index in [1.54, 1.807) is 0 Å². The summed E-state index contributed by atoms with van der Waals surface area (Å²) in [7, 11) is 1.85. The van der Waals surface area contributed by atoms with Crippen LogP contribution in [0.4, 0.5) is 11.4 Å². The number of carbonyl (C=O) groups is 1. The third kappa shape index (κ3) is 5.57. The number of halogens is 2. The molecule has 0 aromatic heterocycles. The predicted octanol–water partition coefficient (Wildman–Crippen LogP) is 2.68. The molecule has 114 valence electrons. The molecule has 0 bridgehead atoms. The van der Waals surface area contributed by atoms with Gasteiger partial charge >= 0.3 is 0 Å². The second kappa shape index (κ2) is 9.86. The van der Waals surface area contributed by atoms with Crippen LogP contribution in [0.15, 0.2) is 24.3 Å². The zero-order valence-corrected chi connectivity index (χ0v) is 13.4. The van der Waals surface area contributed by atoms with E-state index in [4.69, 9.17) is 0 Å². The molecule has 0 aliphatic carbocycles. The monoisotopic (exact) mass is 319 g/mol. The van der Waals surface area contributed by atoms with Crippen molar-refractivity contribution in [1.82, 2.24) is 5.32 Å². The number of benzene rings is 1. The summed E-state index contributed by atoms with van der Waals surface area (Å²) < 4.78 is 0. The Morgan fingerprint density at radius 1 is 1.25 bits per heavy atom. The van der Waals surface area contributed by atoms with Crippen molar-refractivity contribution in [3.05, 3.63) is 24.3 Å². The van der Waals surface area contributed by atoms with E-state index in [2.05, 4.69) is 27.7 Å². The molecule has 0 saturated carbocycles. The molecule has 1 saturated heterocycles. The first-order valence-electron chi connectivity index (χ1n) is 6.59. The molecule has 0 spiro atoms. The molecule has 1 aromatic rings. The first-order valence-corrected chi connectivity index (χ1v) is 6.59. The number of rotatable bonds is 5. The maximum Gasteiger partial charge on any atom is 0.225 e. The lowest BCUT2D eigenvalue weighted by atomic mass is 10.2. The van der Waals surface area contributed by atoms with Gasteiger partial charge in [-0.25, -0.2) is 0 Å². The quantitative estimate of drug-likeness (QED) is 0.877. The highest BCUT2D eigenvalue weighted by Crippen LogP contribution is 2.23. The number of anilines is 2. The van der Waals surface area contributed by atoms with Crippen LogP contribution in [0.5, 0.6) is 0 Å². The second-order valence-corrected chi connectivity index (χ2v) is 4.65. The number of amides is 1. The fourth-order valence-corrected chi connectivity index (χ4v) is 2.22. The molecule has 1 aliphatic heterocycles. The van der Waals surface area contributed by atoms with E-state index in [9.17, 15) is 4.79 Å². The Morgan fingerprint density at radius 3 is 2.60 bits per heavy atom. The van der Waals surface area contributed by atoms with E-state index in [-0.39, 0.29) is 30.7 Å². The van der Waals surface area contributed by atoms with Gasteiger partial charge in [0.15, 0.2) is 0 Å². The number of hydrogen-bond acceptors (Lipinski definition) is 3. The molecular weight excluding hydrogens is 297 g/mol. The van der Waals surface area contributed by atoms with Crippen LogP contribution in [-0.4, -0.2) is 32.6 Å². The molecule has 0 unspecified atom stereocenters. The molecule has 0 radical (unpaired) electrons. The lowest BCUT2D eigenvalue weighted by molar-refractivity contribution is -0.116. The highest BCUT2D eigenvalue weighted by atomic mass is 35.5. The SMILES string of the molecule is CNCCC(=O)Nc1cccc(N2CCCC2)c1.Cl.Cl. The lowest BCUT2D eigenvalue weighted by Crippen LogP contribution is -2.20. The summed E-state index contributed by atoms with van der Waals surface area (Å²) in [6, 6.07) is 8.11. The summed E-state index contributed by atoms with van der Waals surface area (Å²) in [4.78, 5) is 14.0. The van der Waals surface area contributed by atoms with Crippen LogP contribution in [0.1, 0.15) is 19.3 Å². The molecule has 20 heavy (non-hydrogen) atoms. The number of nitrogens with one attached hydrogen (secondary N) is 2. The minimum absolute atomic E-state index is 0. The topological polar surface area (TPSA) is 44.4 Å². The minimum atomic E-state index is 0. The predicted molar refractivity (Wildman–Crippen MR) is 89.6 cm³/mol. The minimum Gasteiger partial charge on any atom is -0.371 e. The molecule has 4 nitrogen and oxygen atoms in total. The summed E-state index contributed by atoms with van der Waals surface area (Å²) >= 11 is 0. The zero-order chi connectivity index (χ0) is 12.8. The van der Waals surface area contributed by atoms with Crippen molar-refractivity contribution in [2.75, 3.05) is 36.9 Å². The Bertz CT molecular complexity index is 409. The van der Waals surface area contributed by atoms with Gasteiger partial charge in [0.05, 0.1) is 0 Å². The molecule has 2 N–H and O–H groups in total. The zero-order valence-electron chi connectivity index (χ0n) is 11.7. The van der Waals surface area contributed by atoms with Gasteiger partial charge in [0.1, 0.15) is 0 Å². The fraction of sp³-hybridized carbons (Fsp3) is 0.500. The van der Waals surface area contributed by atoms with Gasteiger partial charge in [-0.1, -0.05) is 6.07 Å². The fourth-order valence-electron chi connectivity index (χ4n) is 2.22. The third-order valence-electron chi connectivity index (χ3n) is 3.20. The van der Waals surface area contributed by atoms with Crippen molar-refractivity contribution >= 4 is 42.1 Å². The van der Waals surface area contributed by atoms with E-state index in [1.165, 1.54) is 18.5 Å². The van der Waals surface area contributed by atoms with Crippen LogP contribution < -0.4 is 15.5 Å². The number of hydrogen-bond donors (Lipinski definition) is 2. The van der Waals surface area contributed by atoms with Crippen molar-refractivity contribution in [1.29, 1.82) is 0 Å². The van der Waals surface area contributed by atoms with E-state index in [0.29, 0.717) is 13.0 Å². The van der Waals surface area contributed by atoms with Gasteiger partial charge in [0.2, 0.25) is 5.91 Å². The van der Waals surface area contributed by atoms with E-state index in [1.807, 2.05) is 19.2 Å². The highest BCUT2D eigenvalue weighted by molar-refractivity contribution is 5.91. The van der Waals surface area contributed by atoms with Crippen molar-refractivity contribution in [3.8, 4) is 0 Å². The standard InChI is InChI=1S/C14H21N3O.2ClH/c1-15-8-7-14(18)16-12-5-4-6-13(11-12)17-9-2-3-10-17;;/h4-6,11,15H,2-3,7-10H2,1H3,(H,16,18);2*1H. The molecule has 1 fully saturated rings. The molecular formula is C14H23Cl2N3O. The van der Waals surface area contributed by atoms with Crippen LogP contribution in [0.25, 0.3) is 0 Å². The Hall–Kier alpha value is -0.970. The normalized spacial score (nSPS) is 13.3. The van der Waals surface area contributed by atoms with Crippen LogP contribution in [-0.2, 0) is 4.79 Å². The van der Waals surface area contributed by atoms with Gasteiger partial charge in [0, 0.05) is 37.4 Å². The first kappa shape index (κ1) is 19.0. The average molecular weight is 320 g/mol. The first-order chi connectivity index (χ1) is 8.79. The number of nitrogens with zero attached hydrogens (tertiary/aromatic N) is 1. The molecule has 1 aromatic carbocycles. The van der Waals surface area contributed by atoms with Crippen molar-refractivity contribution in [3.63, 3.8) is 0 Å². The molecule has 2 rings (SSSR count). The maximum atomic E-state index is 11.6. The average Bonchev–Trinajstić information content (AvgIpc) is 2.90. The summed E-state index contributed by atoms with van der Waals surface area (Å²) in [6.45, 7) is 2.95. The third-order valence-corrected chi connectivity index (χ3v) is 3.20. The van der Waals surface area contributed by atoms with Gasteiger partial charge in [-0.15, -0.1) is 24.8 Å². The smallest absolute Gasteiger partial charge is 0.225 e. The Balaban J connectivity index is 0.00000180. The van der Waals surface area contributed by atoms with Crippen LogP contribution in [0, 0.1) is 0 Å². The van der Waals surface area contributed by atoms with Gasteiger partial charge in [0.25, 0.3) is 0 Å². The molecule has 1 amide bonds. The summed E-state index contributed by atoms with van der Waals surface area (Å²) in [5, 5.41) is 5.91. The molecule has 6 heteroatoms. The second-order valence-electron chi connectivity index (χ2n) is 4.65. The van der Waals surface area contributed by atoms with Gasteiger partial charge in [-0.2, -0.15) is 0 Å². The van der Waals surface area contributed by atoms with E-state index >= 15 is 0 Å². The highest BCUT2D eigenvalue weighted by Gasteiger charge is 2.12. The van der Waals surface area contributed by atoms with Crippen LogP contribution in [0.3, 0.4) is 0 Å². The summed E-state index contributed by atoms with van der Waals surface area (Å²) in [5.41, 5.74) is 2.10. The van der Waals surface area contributed by atoms with Crippen molar-refractivity contribution < 1.29 is 4.79 Å². The number of carbonyl (C=O) groups excluding carboxylic acids is 1. The Labute approximate surface area is 133 Å². The largest absolute Gasteiger partial charge is 0.371 e. The van der Waals surface area contributed by atoms with Gasteiger partial charge in [-0.3, -0.25) is 4.79 Å². The van der Waals surface area contributed by atoms with Crippen molar-refractivity contribution in [2.45, 2.75) is 19.3 Å². The summed E-state index contributed by atoms with van der Waals surface area (Å²) in [6.07, 6.45) is 3.03.